The molecule has 1 aliphatic heterocycles. The van der Waals surface area contributed by atoms with Crippen molar-refractivity contribution < 1.29 is 5.11 Å². The molecule has 25 heavy (non-hydrogen) atoms. The molecule has 1 aliphatic carbocycles. The zero-order chi connectivity index (χ0) is 17.4. The first-order valence-corrected chi connectivity index (χ1v) is 9.93. The van der Waals surface area contributed by atoms with E-state index in [2.05, 4.69) is 82.1 Å². The summed E-state index contributed by atoms with van der Waals surface area (Å²) >= 11 is 2.40. The van der Waals surface area contributed by atoms with Gasteiger partial charge in [-0.2, -0.15) is 0 Å². The van der Waals surface area contributed by atoms with Crippen LogP contribution in [0.4, 0.5) is 0 Å². The number of piperidine rings is 1. The van der Waals surface area contributed by atoms with Crippen LogP contribution in [-0.4, -0.2) is 29.3 Å². The van der Waals surface area contributed by atoms with Crippen molar-refractivity contribution in [2.24, 2.45) is 0 Å². The quantitative estimate of drug-likeness (QED) is 0.535. The van der Waals surface area contributed by atoms with Crippen molar-refractivity contribution in [2.45, 2.75) is 26.0 Å². The maximum Gasteiger partial charge on any atom is 0.104 e. The molecule has 0 saturated carbocycles. The molecule has 1 N–H and O–H groups in total. The third-order valence-corrected chi connectivity index (χ3v) is 5.91. The summed E-state index contributed by atoms with van der Waals surface area (Å²) in [5.74, 6) is 0. The second-order valence-electron chi connectivity index (χ2n) is 6.80. The molecule has 2 nitrogen and oxygen atoms in total. The maximum atomic E-state index is 9.87. The molecule has 2 aromatic rings. The summed E-state index contributed by atoms with van der Waals surface area (Å²) in [6.45, 7) is 3.71. The van der Waals surface area contributed by atoms with Gasteiger partial charge in [0.25, 0.3) is 0 Å². The number of fused-ring (bicyclic) bond motifs is 2. The molecule has 1 saturated heterocycles. The number of hydrogen-bond donors (Lipinski definition) is 1. The van der Waals surface area contributed by atoms with Gasteiger partial charge in [0.05, 0.1) is 0 Å². The number of likely N-dealkylation sites (tertiary alicyclic amines) is 1. The Morgan fingerprint density at radius 2 is 1.64 bits per heavy atom. The highest BCUT2D eigenvalue weighted by Gasteiger charge is 2.23. The molecule has 1 fully saturated rings. The van der Waals surface area contributed by atoms with Crippen LogP contribution in [-0.2, 0) is 0 Å². The molecule has 0 spiro atoms. The van der Waals surface area contributed by atoms with Crippen molar-refractivity contribution in [2.75, 3.05) is 13.1 Å². The monoisotopic (exact) mass is 443 g/mol. The fourth-order valence-electron chi connectivity index (χ4n) is 3.88. The van der Waals surface area contributed by atoms with Crippen LogP contribution in [0.3, 0.4) is 0 Å². The van der Waals surface area contributed by atoms with Crippen LogP contribution in [0, 0.1) is 3.57 Å². The summed E-state index contributed by atoms with van der Waals surface area (Å²) in [5, 5.41) is 9.87. The summed E-state index contributed by atoms with van der Waals surface area (Å²) in [6, 6.07) is 15.4. The topological polar surface area (TPSA) is 23.5 Å². The number of halogens is 1. The molecular formula is C22H22INO. The molecule has 2 aliphatic rings. The van der Waals surface area contributed by atoms with Crippen LogP contribution < -0.4 is 0 Å². The van der Waals surface area contributed by atoms with E-state index < -0.39 is 0 Å². The highest BCUT2D eigenvalue weighted by molar-refractivity contribution is 14.1. The molecule has 1 atom stereocenters. The predicted molar refractivity (Wildman–Crippen MR) is 113 cm³/mol. The summed E-state index contributed by atoms with van der Waals surface area (Å²) < 4.78 is 1.27. The van der Waals surface area contributed by atoms with E-state index in [1.54, 1.807) is 0 Å². The second kappa shape index (κ2) is 7.06. The van der Waals surface area contributed by atoms with Crippen molar-refractivity contribution in [1.82, 2.24) is 4.90 Å². The molecule has 128 valence electrons. The second-order valence-corrected chi connectivity index (χ2v) is 8.04. The summed E-state index contributed by atoms with van der Waals surface area (Å²) in [4.78, 5) is 2.15. The Hall–Kier alpha value is -1.43. The summed E-state index contributed by atoms with van der Waals surface area (Å²) in [5.41, 5.74) is 8.16. The van der Waals surface area contributed by atoms with Gasteiger partial charge in [0, 0.05) is 16.7 Å². The highest BCUT2D eigenvalue weighted by Crippen LogP contribution is 2.39. The molecule has 0 amide bonds. The molecule has 1 heterocycles. The average Bonchev–Trinajstić information content (AvgIpc) is 2.78. The minimum atomic E-state index is -0.358. The van der Waals surface area contributed by atoms with Gasteiger partial charge in [0.2, 0.25) is 0 Å². The molecule has 2 aromatic carbocycles. The Morgan fingerprint density at radius 3 is 2.36 bits per heavy atom. The minimum Gasteiger partial charge on any atom is -0.379 e. The fourth-order valence-corrected chi connectivity index (χ4v) is 4.37. The molecule has 0 radical (unpaired) electrons. The van der Waals surface area contributed by atoms with Crippen LogP contribution in [0.2, 0.25) is 0 Å². The van der Waals surface area contributed by atoms with Crippen molar-refractivity contribution in [3.63, 3.8) is 0 Å². The van der Waals surface area contributed by atoms with Gasteiger partial charge < -0.3 is 5.11 Å². The number of nitrogens with zero attached hydrogens (tertiary/aromatic N) is 1. The SMILES string of the molecule is CC(O)N1CCC(=C2c3ccccc3C=Cc3ccc(I)cc32)CC1. The number of benzene rings is 2. The average molecular weight is 443 g/mol. The van der Waals surface area contributed by atoms with Crippen LogP contribution in [0.5, 0.6) is 0 Å². The van der Waals surface area contributed by atoms with Gasteiger partial charge in [-0.3, -0.25) is 4.90 Å². The Bertz CT molecular complexity index is 856. The van der Waals surface area contributed by atoms with E-state index in [9.17, 15) is 5.11 Å². The third kappa shape index (κ3) is 3.33. The molecule has 0 aromatic heterocycles. The maximum absolute atomic E-state index is 9.87. The van der Waals surface area contributed by atoms with Gasteiger partial charge in [-0.05, 0) is 82.3 Å². The van der Waals surface area contributed by atoms with E-state index in [-0.39, 0.29) is 6.23 Å². The first kappa shape index (κ1) is 17.0. The first-order chi connectivity index (χ1) is 12.1. The van der Waals surface area contributed by atoms with Crippen molar-refractivity contribution in [1.29, 1.82) is 0 Å². The fraction of sp³-hybridized carbons (Fsp3) is 0.273. The predicted octanol–water partition coefficient (Wildman–Crippen LogP) is 5.01. The number of aliphatic hydroxyl groups is 1. The van der Waals surface area contributed by atoms with Gasteiger partial charge in [-0.25, -0.2) is 0 Å². The van der Waals surface area contributed by atoms with E-state index in [1.165, 1.54) is 37.0 Å². The Kier molecular flexibility index (Phi) is 4.80. The van der Waals surface area contributed by atoms with Crippen LogP contribution >= 0.6 is 22.6 Å². The molecule has 1 unspecified atom stereocenters. The smallest absolute Gasteiger partial charge is 0.104 e. The third-order valence-electron chi connectivity index (χ3n) is 5.24. The summed E-state index contributed by atoms with van der Waals surface area (Å²) in [7, 11) is 0. The van der Waals surface area contributed by atoms with E-state index in [4.69, 9.17) is 0 Å². The lowest BCUT2D eigenvalue weighted by molar-refractivity contribution is 0.0138. The van der Waals surface area contributed by atoms with E-state index >= 15 is 0 Å². The number of rotatable bonds is 1. The van der Waals surface area contributed by atoms with Crippen LogP contribution in [0.15, 0.2) is 48.0 Å². The Labute approximate surface area is 163 Å². The molecule has 0 bridgehead atoms. The van der Waals surface area contributed by atoms with Gasteiger partial charge in [0.1, 0.15) is 6.23 Å². The standard InChI is InChI=1S/C22H22INO/c1-15(25)24-12-10-18(11-13-24)22-20-5-3-2-4-16(20)6-7-17-8-9-19(23)14-21(17)22/h2-9,14-15,25H,10-13H2,1H3. The van der Waals surface area contributed by atoms with Gasteiger partial charge >= 0.3 is 0 Å². The Morgan fingerprint density at radius 1 is 0.960 bits per heavy atom. The lowest BCUT2D eigenvalue weighted by atomic mass is 9.86. The lowest BCUT2D eigenvalue weighted by Gasteiger charge is -2.32. The van der Waals surface area contributed by atoms with Crippen LogP contribution in [0.25, 0.3) is 17.7 Å². The van der Waals surface area contributed by atoms with E-state index in [0.29, 0.717) is 0 Å². The number of aliphatic hydroxyl groups excluding tert-OH is 1. The van der Waals surface area contributed by atoms with Gasteiger partial charge in [-0.1, -0.05) is 48.1 Å². The zero-order valence-corrected chi connectivity index (χ0v) is 16.5. The minimum absolute atomic E-state index is 0.358. The Balaban J connectivity index is 1.88. The molecule has 4 rings (SSSR count). The molecule has 3 heteroatoms. The van der Waals surface area contributed by atoms with E-state index in [1.807, 2.05) is 6.92 Å². The summed E-state index contributed by atoms with van der Waals surface area (Å²) in [6.07, 6.45) is 6.14. The van der Waals surface area contributed by atoms with Gasteiger partial charge in [0.15, 0.2) is 0 Å². The molecular weight excluding hydrogens is 421 g/mol. The van der Waals surface area contributed by atoms with Crippen molar-refractivity contribution in [3.05, 3.63) is 73.9 Å². The van der Waals surface area contributed by atoms with Crippen molar-refractivity contribution >= 4 is 40.3 Å². The van der Waals surface area contributed by atoms with Crippen LogP contribution in [0.1, 0.15) is 42.0 Å². The lowest BCUT2D eigenvalue weighted by Crippen LogP contribution is -2.38. The van der Waals surface area contributed by atoms with E-state index in [0.717, 1.165) is 25.9 Å². The zero-order valence-electron chi connectivity index (χ0n) is 14.4. The largest absolute Gasteiger partial charge is 0.379 e. The normalized spacial score (nSPS) is 18.5. The number of hydrogen-bond acceptors (Lipinski definition) is 2. The van der Waals surface area contributed by atoms with Gasteiger partial charge in [-0.15, -0.1) is 0 Å². The van der Waals surface area contributed by atoms with Crippen molar-refractivity contribution in [3.8, 4) is 0 Å². The highest BCUT2D eigenvalue weighted by atomic mass is 127. The first-order valence-electron chi connectivity index (χ1n) is 8.85.